The van der Waals surface area contributed by atoms with E-state index >= 15 is 0 Å². The Morgan fingerprint density at radius 2 is 0.632 bits per heavy atom. The van der Waals surface area contributed by atoms with Gasteiger partial charge >= 0.3 is 0 Å². The van der Waals surface area contributed by atoms with E-state index in [2.05, 4.69) is 199 Å². The lowest BCUT2D eigenvalue weighted by molar-refractivity contribution is 1.06. The van der Waals surface area contributed by atoms with E-state index in [-0.39, 0.29) is 0 Å². The Hall–Kier alpha value is -9.40. The van der Waals surface area contributed by atoms with Crippen LogP contribution in [0.4, 0.5) is 0 Å². The molecule has 318 valence electrons. The van der Waals surface area contributed by atoms with Crippen LogP contribution in [0.15, 0.2) is 231 Å². The Balaban J connectivity index is 0.901. The van der Waals surface area contributed by atoms with E-state index in [1.807, 2.05) is 36.4 Å². The average Bonchev–Trinajstić information content (AvgIpc) is 3.95. The van der Waals surface area contributed by atoms with Gasteiger partial charge in [0.2, 0.25) is 0 Å². The molecule has 13 rings (SSSR count). The summed E-state index contributed by atoms with van der Waals surface area (Å²) < 4.78 is 4.56. The van der Waals surface area contributed by atoms with E-state index < -0.39 is 0 Å². The van der Waals surface area contributed by atoms with E-state index in [1.54, 1.807) is 24.8 Å². The molecule has 0 aliphatic rings. The highest BCUT2D eigenvalue weighted by atomic mass is 15.1. The summed E-state index contributed by atoms with van der Waals surface area (Å²) in [5.41, 5.74) is 14.8. The van der Waals surface area contributed by atoms with Gasteiger partial charge in [-0.3, -0.25) is 9.13 Å². The second-order valence-corrected chi connectivity index (χ2v) is 16.8. The molecule has 8 nitrogen and oxygen atoms in total. The van der Waals surface area contributed by atoms with Gasteiger partial charge in [0.1, 0.15) is 23.0 Å². The topological polar surface area (TPSA) is 87.2 Å². The molecule has 8 heteroatoms. The monoisotopic (exact) mass is 870 g/mol. The smallest absolute Gasteiger partial charge is 0.178 e. The number of benzene rings is 7. The number of hydrogen-bond donors (Lipinski definition) is 0. The zero-order chi connectivity index (χ0) is 45.0. The Labute approximate surface area is 391 Å². The summed E-state index contributed by atoms with van der Waals surface area (Å²) in [7, 11) is 0. The first-order valence-electron chi connectivity index (χ1n) is 22.6. The van der Waals surface area contributed by atoms with Crippen LogP contribution >= 0.6 is 0 Å². The second kappa shape index (κ2) is 16.2. The molecule has 0 spiro atoms. The molecule has 6 heterocycles. The van der Waals surface area contributed by atoms with E-state index in [9.17, 15) is 0 Å². The van der Waals surface area contributed by atoms with Crippen LogP contribution in [0.5, 0.6) is 0 Å². The molecule has 13 aromatic rings. The van der Waals surface area contributed by atoms with Crippen molar-refractivity contribution >= 4 is 43.6 Å². The molecule has 0 fully saturated rings. The molecule has 6 aromatic heterocycles. The molecule has 0 N–H and O–H groups in total. The fraction of sp³-hybridized carbons (Fsp3) is 0. The van der Waals surface area contributed by atoms with E-state index in [0.29, 0.717) is 11.6 Å². The van der Waals surface area contributed by atoms with Crippen LogP contribution in [0.3, 0.4) is 0 Å². The van der Waals surface area contributed by atoms with Gasteiger partial charge in [-0.05, 0) is 100 Å². The Kier molecular flexibility index (Phi) is 9.31. The molecule has 0 unspecified atom stereocenters. The molecule has 0 aliphatic heterocycles. The molecule has 0 bridgehead atoms. The number of fused-ring (bicyclic) bond motifs is 6. The van der Waals surface area contributed by atoms with Crippen LogP contribution < -0.4 is 0 Å². The van der Waals surface area contributed by atoms with Crippen molar-refractivity contribution in [2.45, 2.75) is 0 Å². The maximum absolute atomic E-state index is 5.14. The highest BCUT2D eigenvalue weighted by Crippen LogP contribution is 2.41. The number of aromatic nitrogens is 8. The largest absolute Gasteiger partial charge is 0.293 e. The minimum atomic E-state index is 0.591. The summed E-state index contributed by atoms with van der Waals surface area (Å²) in [6.07, 6.45) is 7.00. The average molecular weight is 871 g/mol. The summed E-state index contributed by atoms with van der Waals surface area (Å²) >= 11 is 0. The highest BCUT2D eigenvalue weighted by Gasteiger charge is 2.20. The molecule has 0 saturated carbocycles. The van der Waals surface area contributed by atoms with Crippen molar-refractivity contribution in [3.05, 3.63) is 231 Å². The fourth-order valence-electron chi connectivity index (χ4n) is 9.80. The van der Waals surface area contributed by atoms with E-state index in [0.717, 1.165) is 100 Å². The van der Waals surface area contributed by atoms with Crippen LogP contribution in [0.1, 0.15) is 0 Å². The minimum Gasteiger partial charge on any atom is -0.293 e. The molecule has 0 saturated heterocycles. The molecule has 0 radical (unpaired) electrons. The Morgan fingerprint density at radius 1 is 0.279 bits per heavy atom. The fourth-order valence-corrected chi connectivity index (χ4v) is 9.80. The summed E-state index contributed by atoms with van der Waals surface area (Å²) in [5.74, 6) is 2.79. The van der Waals surface area contributed by atoms with Crippen LogP contribution in [0.25, 0.3) is 123 Å². The van der Waals surface area contributed by atoms with E-state index in [4.69, 9.17) is 9.97 Å². The Morgan fingerprint density at radius 3 is 1.07 bits per heavy atom. The lowest BCUT2D eigenvalue weighted by Gasteiger charge is -2.14. The lowest BCUT2D eigenvalue weighted by Crippen LogP contribution is -2.00. The van der Waals surface area contributed by atoms with Crippen LogP contribution in [0.2, 0.25) is 0 Å². The van der Waals surface area contributed by atoms with E-state index in [1.165, 1.54) is 10.8 Å². The van der Waals surface area contributed by atoms with Gasteiger partial charge < -0.3 is 0 Å². The van der Waals surface area contributed by atoms with Crippen molar-refractivity contribution in [1.29, 1.82) is 0 Å². The van der Waals surface area contributed by atoms with Gasteiger partial charge in [-0.1, -0.05) is 140 Å². The van der Waals surface area contributed by atoms with Gasteiger partial charge in [-0.2, -0.15) is 0 Å². The summed E-state index contributed by atoms with van der Waals surface area (Å²) in [5, 5.41) is 4.66. The van der Waals surface area contributed by atoms with Crippen molar-refractivity contribution in [1.82, 2.24) is 39.0 Å². The summed E-state index contributed by atoms with van der Waals surface area (Å²) in [4.78, 5) is 28.3. The molecule has 68 heavy (non-hydrogen) atoms. The normalized spacial score (nSPS) is 11.5. The van der Waals surface area contributed by atoms with Crippen molar-refractivity contribution < 1.29 is 0 Å². The van der Waals surface area contributed by atoms with Gasteiger partial charge in [0.15, 0.2) is 11.6 Å². The second-order valence-electron chi connectivity index (χ2n) is 16.8. The predicted octanol–water partition coefficient (Wildman–Crippen LogP) is 14.3. The molecule has 0 atom stereocenters. The first-order chi connectivity index (χ1) is 33.7. The SMILES string of the molecule is c1cnc(-c2cccc(-n3c4ccccc4c4cccc(-c5cccc(-c6cccc(-c7cccc(-c8cccc9c%10ccccc%10n(-c%10cccc(-c%11ncccn%11)n%10)c89)c7)c6)c5)c43)n2)nc1. The number of pyridine rings is 2. The zero-order valence-corrected chi connectivity index (χ0v) is 36.5. The first-order valence-corrected chi connectivity index (χ1v) is 22.6. The molecular formula is C60H38N8. The van der Waals surface area contributed by atoms with Gasteiger partial charge in [-0.15, -0.1) is 0 Å². The third kappa shape index (κ3) is 6.62. The Bertz CT molecular complexity index is 3780. The number of nitrogens with zero attached hydrogens (tertiary/aromatic N) is 8. The van der Waals surface area contributed by atoms with Crippen molar-refractivity contribution in [3.63, 3.8) is 0 Å². The van der Waals surface area contributed by atoms with Gasteiger partial charge in [-0.25, -0.2) is 29.9 Å². The molecular weight excluding hydrogens is 833 g/mol. The van der Waals surface area contributed by atoms with Crippen LogP contribution in [-0.4, -0.2) is 39.0 Å². The first kappa shape index (κ1) is 39.0. The zero-order valence-electron chi connectivity index (χ0n) is 36.5. The van der Waals surface area contributed by atoms with Crippen LogP contribution in [0, 0.1) is 0 Å². The highest BCUT2D eigenvalue weighted by molar-refractivity contribution is 6.15. The molecule has 0 amide bonds. The molecule has 7 aromatic carbocycles. The molecule has 0 aliphatic carbocycles. The lowest BCUT2D eigenvalue weighted by atomic mass is 9.94. The van der Waals surface area contributed by atoms with Crippen molar-refractivity contribution in [2.24, 2.45) is 0 Å². The summed E-state index contributed by atoms with van der Waals surface area (Å²) in [6.45, 7) is 0. The van der Waals surface area contributed by atoms with Crippen LogP contribution in [-0.2, 0) is 0 Å². The maximum Gasteiger partial charge on any atom is 0.178 e. The third-order valence-corrected chi connectivity index (χ3v) is 12.8. The number of hydrogen-bond acceptors (Lipinski definition) is 6. The standard InChI is InChI=1S/C60H38N8/c1-3-28-53-47(20-1)49-24-8-22-45(57(49)67(53)55-30-10-26-51(65-55)59-61-32-12-33-62-59)43-18-6-16-41(37-43)39-14-5-15-40(36-39)42-17-7-19-44(38-42)46-23-9-25-50-48-21-2-4-29-54(48)68(58(46)50)56-31-11-27-52(66-56)60-63-34-13-35-64-60/h1-38H. The minimum absolute atomic E-state index is 0.591. The number of rotatable bonds is 8. The summed E-state index contributed by atoms with van der Waals surface area (Å²) in [6, 6.07) is 72.6. The number of para-hydroxylation sites is 4. The van der Waals surface area contributed by atoms with Gasteiger partial charge in [0.25, 0.3) is 0 Å². The van der Waals surface area contributed by atoms with Crippen molar-refractivity contribution in [2.75, 3.05) is 0 Å². The predicted molar refractivity (Wildman–Crippen MR) is 275 cm³/mol. The quantitative estimate of drug-likeness (QED) is 0.151. The maximum atomic E-state index is 5.14. The third-order valence-electron chi connectivity index (χ3n) is 12.8. The van der Waals surface area contributed by atoms with Gasteiger partial charge in [0.05, 0.1) is 22.1 Å². The van der Waals surface area contributed by atoms with Gasteiger partial charge in [0, 0.05) is 57.5 Å². The van der Waals surface area contributed by atoms with Crippen molar-refractivity contribution in [3.8, 4) is 79.2 Å².